The standard InChI is InChI=1S/C19H19N3O2S/c1-3-14-9-7-8-12-16(14)24-13(2)17(23)20-19-22-21-18(25-19)15-10-5-4-6-11-15/h4-13H,3H2,1-2H3,(H,20,22,23)/t13-/m1/s1. The van der Waals surface area contributed by atoms with Crippen LogP contribution in [0.15, 0.2) is 54.6 Å². The number of carbonyl (C=O) groups is 1. The van der Waals surface area contributed by atoms with E-state index in [0.29, 0.717) is 5.13 Å². The molecule has 0 spiro atoms. The Hall–Kier alpha value is -2.73. The Morgan fingerprint density at radius 3 is 2.60 bits per heavy atom. The van der Waals surface area contributed by atoms with Crippen molar-refractivity contribution < 1.29 is 9.53 Å². The van der Waals surface area contributed by atoms with Crippen molar-refractivity contribution in [1.82, 2.24) is 10.2 Å². The maximum absolute atomic E-state index is 12.4. The third-order valence-electron chi connectivity index (χ3n) is 3.70. The van der Waals surface area contributed by atoms with E-state index in [0.717, 1.165) is 28.3 Å². The van der Waals surface area contributed by atoms with Crippen LogP contribution in [0.2, 0.25) is 0 Å². The molecular weight excluding hydrogens is 334 g/mol. The summed E-state index contributed by atoms with van der Waals surface area (Å²) in [6.07, 6.45) is 0.221. The average Bonchev–Trinajstić information content (AvgIpc) is 3.11. The number of benzene rings is 2. The molecule has 2 aromatic carbocycles. The first-order valence-electron chi connectivity index (χ1n) is 8.11. The molecule has 5 nitrogen and oxygen atoms in total. The monoisotopic (exact) mass is 353 g/mol. The number of rotatable bonds is 6. The minimum atomic E-state index is -0.628. The number of anilines is 1. The first-order chi connectivity index (χ1) is 12.2. The van der Waals surface area contributed by atoms with Crippen molar-refractivity contribution in [2.24, 2.45) is 0 Å². The number of nitrogens with one attached hydrogen (secondary N) is 1. The van der Waals surface area contributed by atoms with E-state index in [4.69, 9.17) is 4.74 Å². The van der Waals surface area contributed by atoms with Crippen molar-refractivity contribution in [1.29, 1.82) is 0 Å². The van der Waals surface area contributed by atoms with Gasteiger partial charge in [0.25, 0.3) is 5.91 Å². The molecule has 0 aliphatic rings. The molecule has 0 saturated heterocycles. The summed E-state index contributed by atoms with van der Waals surface area (Å²) in [5, 5.41) is 12.2. The molecule has 1 amide bonds. The highest BCUT2D eigenvalue weighted by Crippen LogP contribution is 2.26. The lowest BCUT2D eigenvalue weighted by Crippen LogP contribution is -2.30. The van der Waals surface area contributed by atoms with Crippen LogP contribution in [0.5, 0.6) is 5.75 Å². The highest BCUT2D eigenvalue weighted by atomic mass is 32.1. The summed E-state index contributed by atoms with van der Waals surface area (Å²) >= 11 is 1.34. The second kappa shape index (κ2) is 7.90. The Bertz CT molecular complexity index is 849. The van der Waals surface area contributed by atoms with Crippen molar-refractivity contribution in [3.8, 4) is 16.3 Å². The minimum Gasteiger partial charge on any atom is -0.481 e. The van der Waals surface area contributed by atoms with Crippen LogP contribution in [0.4, 0.5) is 5.13 Å². The third-order valence-corrected chi connectivity index (χ3v) is 4.59. The summed E-state index contributed by atoms with van der Waals surface area (Å²) < 4.78 is 5.81. The molecule has 0 fully saturated rings. The number of carbonyl (C=O) groups excluding carboxylic acids is 1. The lowest BCUT2D eigenvalue weighted by atomic mass is 10.1. The Balaban J connectivity index is 1.65. The van der Waals surface area contributed by atoms with Crippen LogP contribution in [-0.4, -0.2) is 22.2 Å². The SMILES string of the molecule is CCc1ccccc1O[C@H](C)C(=O)Nc1nnc(-c2ccccc2)s1. The normalized spacial score (nSPS) is 11.8. The fourth-order valence-electron chi connectivity index (χ4n) is 2.33. The molecule has 6 heteroatoms. The number of hydrogen-bond acceptors (Lipinski definition) is 5. The first-order valence-corrected chi connectivity index (χ1v) is 8.93. The van der Waals surface area contributed by atoms with E-state index in [1.54, 1.807) is 6.92 Å². The van der Waals surface area contributed by atoms with E-state index in [-0.39, 0.29) is 5.91 Å². The number of para-hydroxylation sites is 1. The summed E-state index contributed by atoms with van der Waals surface area (Å²) in [4.78, 5) is 12.4. The topological polar surface area (TPSA) is 64.1 Å². The molecule has 25 heavy (non-hydrogen) atoms. The Labute approximate surface area is 150 Å². The second-order valence-electron chi connectivity index (χ2n) is 5.49. The van der Waals surface area contributed by atoms with Crippen molar-refractivity contribution >= 4 is 22.4 Å². The number of hydrogen-bond donors (Lipinski definition) is 1. The number of amides is 1. The van der Waals surface area contributed by atoms with Crippen molar-refractivity contribution in [3.05, 3.63) is 60.2 Å². The van der Waals surface area contributed by atoms with Gasteiger partial charge in [0.15, 0.2) is 6.10 Å². The van der Waals surface area contributed by atoms with E-state index in [1.165, 1.54) is 11.3 Å². The highest BCUT2D eigenvalue weighted by molar-refractivity contribution is 7.18. The molecule has 1 heterocycles. The molecule has 1 aromatic heterocycles. The van der Waals surface area contributed by atoms with Gasteiger partial charge in [-0.1, -0.05) is 66.8 Å². The molecular formula is C19H19N3O2S. The van der Waals surface area contributed by atoms with Gasteiger partial charge in [-0.25, -0.2) is 0 Å². The summed E-state index contributed by atoms with van der Waals surface area (Å²) in [6.45, 7) is 3.78. The van der Waals surface area contributed by atoms with Gasteiger partial charge in [0, 0.05) is 5.56 Å². The largest absolute Gasteiger partial charge is 0.481 e. The highest BCUT2D eigenvalue weighted by Gasteiger charge is 2.18. The van der Waals surface area contributed by atoms with Crippen molar-refractivity contribution in [3.63, 3.8) is 0 Å². The molecule has 0 bridgehead atoms. The van der Waals surface area contributed by atoms with E-state index in [9.17, 15) is 4.79 Å². The zero-order valence-electron chi connectivity index (χ0n) is 14.1. The van der Waals surface area contributed by atoms with E-state index in [2.05, 4.69) is 22.4 Å². The van der Waals surface area contributed by atoms with Crippen LogP contribution in [0.1, 0.15) is 19.4 Å². The summed E-state index contributed by atoms with van der Waals surface area (Å²) in [6, 6.07) is 17.5. The van der Waals surface area contributed by atoms with E-state index in [1.807, 2.05) is 54.6 Å². The molecule has 3 aromatic rings. The van der Waals surface area contributed by atoms with Gasteiger partial charge in [0.2, 0.25) is 5.13 Å². The zero-order chi connectivity index (χ0) is 17.6. The predicted molar refractivity (Wildman–Crippen MR) is 99.9 cm³/mol. The number of aryl methyl sites for hydroxylation is 1. The van der Waals surface area contributed by atoms with E-state index >= 15 is 0 Å². The van der Waals surface area contributed by atoms with Gasteiger partial charge < -0.3 is 4.74 Å². The smallest absolute Gasteiger partial charge is 0.266 e. The summed E-state index contributed by atoms with van der Waals surface area (Å²) in [5.41, 5.74) is 2.05. The molecule has 1 atom stereocenters. The number of nitrogens with zero attached hydrogens (tertiary/aromatic N) is 2. The minimum absolute atomic E-state index is 0.248. The van der Waals surface area contributed by atoms with Crippen LogP contribution >= 0.6 is 11.3 Å². The fraction of sp³-hybridized carbons (Fsp3) is 0.211. The van der Waals surface area contributed by atoms with Crippen molar-refractivity contribution in [2.45, 2.75) is 26.4 Å². The Kier molecular flexibility index (Phi) is 5.40. The van der Waals surface area contributed by atoms with E-state index < -0.39 is 6.10 Å². The van der Waals surface area contributed by atoms with Gasteiger partial charge in [0.1, 0.15) is 10.8 Å². The van der Waals surface area contributed by atoms with Crippen molar-refractivity contribution in [2.75, 3.05) is 5.32 Å². The lowest BCUT2D eigenvalue weighted by Gasteiger charge is -2.15. The van der Waals surface area contributed by atoms with Crippen LogP contribution in [0, 0.1) is 0 Å². The second-order valence-corrected chi connectivity index (χ2v) is 6.47. The van der Waals surface area contributed by atoms with Gasteiger partial charge in [-0.2, -0.15) is 0 Å². The van der Waals surface area contributed by atoms with Crippen LogP contribution in [0.25, 0.3) is 10.6 Å². The first kappa shape index (κ1) is 17.1. The molecule has 0 aliphatic carbocycles. The van der Waals surface area contributed by atoms with Crippen LogP contribution in [0.3, 0.4) is 0 Å². The zero-order valence-corrected chi connectivity index (χ0v) is 14.9. The Morgan fingerprint density at radius 2 is 1.84 bits per heavy atom. The van der Waals surface area contributed by atoms with Gasteiger partial charge >= 0.3 is 0 Å². The average molecular weight is 353 g/mol. The van der Waals surface area contributed by atoms with Crippen LogP contribution in [-0.2, 0) is 11.2 Å². The number of ether oxygens (including phenoxy) is 1. The molecule has 0 saturated carbocycles. The number of aromatic nitrogens is 2. The van der Waals surface area contributed by atoms with Gasteiger partial charge in [-0.15, -0.1) is 10.2 Å². The maximum Gasteiger partial charge on any atom is 0.266 e. The maximum atomic E-state index is 12.4. The summed E-state index contributed by atoms with van der Waals surface area (Å²) in [7, 11) is 0. The van der Waals surface area contributed by atoms with Gasteiger partial charge in [0.05, 0.1) is 0 Å². The third kappa shape index (κ3) is 4.22. The molecule has 1 N–H and O–H groups in total. The molecule has 3 rings (SSSR count). The van der Waals surface area contributed by atoms with Gasteiger partial charge in [-0.05, 0) is 25.0 Å². The quantitative estimate of drug-likeness (QED) is 0.722. The van der Waals surface area contributed by atoms with Gasteiger partial charge in [-0.3, -0.25) is 10.1 Å². The van der Waals surface area contributed by atoms with Crippen LogP contribution < -0.4 is 10.1 Å². The molecule has 0 aliphatic heterocycles. The molecule has 0 radical (unpaired) electrons. The summed E-state index contributed by atoms with van der Waals surface area (Å²) in [5.74, 6) is 0.483. The lowest BCUT2D eigenvalue weighted by molar-refractivity contribution is -0.122. The fourth-order valence-corrected chi connectivity index (χ4v) is 3.09. The predicted octanol–water partition coefficient (Wildman–Crippen LogP) is 4.17. The molecule has 128 valence electrons. The molecule has 0 unspecified atom stereocenters. The Morgan fingerprint density at radius 1 is 1.12 bits per heavy atom.